The van der Waals surface area contributed by atoms with Crippen molar-refractivity contribution in [2.45, 2.75) is 13.1 Å². The molecule has 0 radical (unpaired) electrons. The van der Waals surface area contributed by atoms with E-state index < -0.39 is 11.7 Å². The SMILES string of the molecule is Cc1cc(Cl)ccc1NC(=O)C[NH+]1CCN(c2ccc(C(F)(F)F)c[nH+]2)CC1. The van der Waals surface area contributed by atoms with Gasteiger partial charge in [0.1, 0.15) is 32.4 Å². The number of aromatic nitrogens is 1. The maximum absolute atomic E-state index is 12.7. The van der Waals surface area contributed by atoms with Gasteiger partial charge < -0.3 is 10.2 Å². The highest BCUT2D eigenvalue weighted by Gasteiger charge is 2.33. The van der Waals surface area contributed by atoms with E-state index in [1.807, 2.05) is 11.8 Å². The number of aromatic amines is 1. The lowest BCUT2D eigenvalue weighted by molar-refractivity contribution is -0.892. The van der Waals surface area contributed by atoms with E-state index in [0.29, 0.717) is 30.5 Å². The van der Waals surface area contributed by atoms with Gasteiger partial charge in [0.05, 0.1) is 5.56 Å². The molecule has 1 aliphatic rings. The lowest BCUT2D eigenvalue weighted by Crippen LogP contribution is -3.15. The van der Waals surface area contributed by atoms with Crippen LogP contribution in [0.5, 0.6) is 0 Å². The Morgan fingerprint density at radius 2 is 1.96 bits per heavy atom. The summed E-state index contributed by atoms with van der Waals surface area (Å²) in [7, 11) is 0. The number of halogens is 4. The van der Waals surface area contributed by atoms with Crippen LogP contribution in [0.4, 0.5) is 24.7 Å². The maximum atomic E-state index is 12.7. The summed E-state index contributed by atoms with van der Waals surface area (Å²) < 4.78 is 38.0. The molecular weight excluding hydrogens is 393 g/mol. The molecule has 1 aliphatic heterocycles. The highest BCUT2D eigenvalue weighted by atomic mass is 35.5. The van der Waals surface area contributed by atoms with E-state index >= 15 is 0 Å². The van der Waals surface area contributed by atoms with Crippen LogP contribution in [0.1, 0.15) is 11.1 Å². The largest absolute Gasteiger partial charge is 0.419 e. The summed E-state index contributed by atoms with van der Waals surface area (Å²) >= 11 is 5.92. The van der Waals surface area contributed by atoms with Gasteiger partial charge in [0.2, 0.25) is 0 Å². The second kappa shape index (κ2) is 8.36. The number of hydrogen-bond donors (Lipinski definition) is 2. The molecule has 1 aromatic heterocycles. The fourth-order valence-electron chi connectivity index (χ4n) is 3.22. The molecule has 5 nitrogen and oxygen atoms in total. The predicted octanol–water partition coefficient (Wildman–Crippen LogP) is 1.82. The molecule has 1 saturated heterocycles. The van der Waals surface area contributed by atoms with Crippen LogP contribution in [0.3, 0.4) is 0 Å². The molecule has 3 rings (SSSR count). The number of alkyl halides is 3. The van der Waals surface area contributed by atoms with Crippen molar-refractivity contribution < 1.29 is 27.8 Å². The monoisotopic (exact) mass is 414 g/mol. The van der Waals surface area contributed by atoms with Crippen molar-refractivity contribution >= 4 is 29.0 Å². The van der Waals surface area contributed by atoms with Crippen molar-refractivity contribution in [3.8, 4) is 0 Å². The lowest BCUT2D eigenvalue weighted by atomic mass is 10.2. The molecule has 0 unspecified atom stereocenters. The van der Waals surface area contributed by atoms with Gasteiger partial charge >= 0.3 is 6.18 Å². The molecule has 0 bridgehead atoms. The molecular formula is C19H22ClF3N4O+2. The van der Waals surface area contributed by atoms with E-state index in [1.165, 1.54) is 6.07 Å². The zero-order valence-corrected chi connectivity index (χ0v) is 16.1. The Morgan fingerprint density at radius 3 is 2.54 bits per heavy atom. The normalized spacial score (nSPS) is 15.5. The first-order valence-electron chi connectivity index (χ1n) is 8.96. The quantitative estimate of drug-likeness (QED) is 0.802. The molecule has 1 fully saturated rings. The summed E-state index contributed by atoms with van der Waals surface area (Å²) in [6, 6.07) is 7.83. The number of pyridine rings is 1. The average Bonchev–Trinajstić information content (AvgIpc) is 2.64. The number of benzene rings is 1. The van der Waals surface area contributed by atoms with Gasteiger partial charge in [0, 0.05) is 16.8 Å². The molecule has 28 heavy (non-hydrogen) atoms. The highest BCUT2D eigenvalue weighted by Crippen LogP contribution is 2.28. The first-order valence-corrected chi connectivity index (χ1v) is 9.33. The molecule has 150 valence electrons. The van der Waals surface area contributed by atoms with Crippen molar-refractivity contribution in [2.24, 2.45) is 0 Å². The van der Waals surface area contributed by atoms with Gasteiger partial charge in [-0.3, -0.25) is 9.69 Å². The fraction of sp³-hybridized carbons (Fsp3) is 0.368. The van der Waals surface area contributed by atoms with Gasteiger partial charge in [0.25, 0.3) is 11.7 Å². The zero-order valence-electron chi connectivity index (χ0n) is 15.4. The Hall–Kier alpha value is -2.32. The molecule has 0 spiro atoms. The minimum atomic E-state index is -4.35. The summed E-state index contributed by atoms with van der Waals surface area (Å²) in [4.78, 5) is 18.2. The molecule has 0 aliphatic carbocycles. The van der Waals surface area contributed by atoms with Crippen molar-refractivity contribution in [3.05, 3.63) is 52.7 Å². The third kappa shape index (κ3) is 5.14. The van der Waals surface area contributed by atoms with Gasteiger partial charge in [-0.25, -0.2) is 4.98 Å². The van der Waals surface area contributed by atoms with Crippen LogP contribution < -0.4 is 20.1 Å². The van der Waals surface area contributed by atoms with Gasteiger partial charge in [-0.2, -0.15) is 13.2 Å². The molecule has 1 amide bonds. The number of nitrogens with zero attached hydrogens (tertiary/aromatic N) is 1. The summed E-state index contributed by atoms with van der Waals surface area (Å²) in [6.07, 6.45) is -3.37. The average molecular weight is 415 g/mol. The Labute approximate surface area is 166 Å². The second-order valence-corrected chi connectivity index (χ2v) is 7.32. The fourth-order valence-corrected chi connectivity index (χ4v) is 3.45. The molecule has 1 aromatic carbocycles. The number of carbonyl (C=O) groups excluding carboxylic acids is 1. The van der Waals surface area contributed by atoms with Gasteiger partial charge in [-0.15, -0.1) is 0 Å². The Morgan fingerprint density at radius 1 is 1.25 bits per heavy atom. The van der Waals surface area contributed by atoms with E-state index in [2.05, 4.69) is 10.3 Å². The molecule has 9 heteroatoms. The minimum Gasteiger partial charge on any atom is -0.321 e. The molecule has 2 heterocycles. The van der Waals surface area contributed by atoms with Crippen LogP contribution in [-0.4, -0.2) is 38.6 Å². The molecule has 0 saturated carbocycles. The van der Waals surface area contributed by atoms with Gasteiger partial charge in [0.15, 0.2) is 6.54 Å². The number of carbonyl (C=O) groups is 1. The maximum Gasteiger partial charge on any atom is 0.419 e. The van der Waals surface area contributed by atoms with E-state index in [1.54, 1.807) is 18.2 Å². The van der Waals surface area contributed by atoms with Crippen LogP contribution in [0.2, 0.25) is 5.02 Å². The highest BCUT2D eigenvalue weighted by molar-refractivity contribution is 6.30. The summed E-state index contributed by atoms with van der Waals surface area (Å²) in [5.74, 6) is 0.572. The van der Waals surface area contributed by atoms with Crippen LogP contribution in [0.25, 0.3) is 0 Å². The van der Waals surface area contributed by atoms with E-state index in [9.17, 15) is 18.0 Å². The first-order chi connectivity index (χ1) is 13.2. The van der Waals surface area contributed by atoms with Gasteiger partial charge in [-0.1, -0.05) is 11.6 Å². The summed E-state index contributed by atoms with van der Waals surface area (Å²) in [5.41, 5.74) is 0.944. The standard InChI is InChI=1S/C19H20ClF3N4O/c1-13-10-15(20)3-4-16(13)25-18(28)12-26-6-8-27(9-7-26)17-5-2-14(11-24-17)19(21,22)23/h2-5,10-11H,6-9,12H2,1H3,(H,25,28)/p+2. The number of amides is 1. The smallest absolute Gasteiger partial charge is 0.321 e. The third-order valence-corrected chi connectivity index (χ3v) is 5.04. The molecule has 2 aromatic rings. The summed E-state index contributed by atoms with van der Waals surface area (Å²) in [5, 5.41) is 3.53. The van der Waals surface area contributed by atoms with Gasteiger partial charge in [-0.05, 0) is 36.8 Å². The van der Waals surface area contributed by atoms with E-state index in [-0.39, 0.29) is 5.91 Å². The van der Waals surface area contributed by atoms with Crippen molar-refractivity contribution in [3.63, 3.8) is 0 Å². The van der Waals surface area contributed by atoms with Crippen LogP contribution in [-0.2, 0) is 11.0 Å². The number of aryl methyl sites for hydroxylation is 1. The second-order valence-electron chi connectivity index (χ2n) is 6.88. The number of piperazine rings is 1. The topological polar surface area (TPSA) is 50.9 Å². The number of quaternary nitrogens is 1. The van der Waals surface area contributed by atoms with Crippen molar-refractivity contribution in [1.29, 1.82) is 0 Å². The number of rotatable bonds is 4. The Kier molecular flexibility index (Phi) is 6.10. The van der Waals surface area contributed by atoms with Crippen LogP contribution >= 0.6 is 11.6 Å². The van der Waals surface area contributed by atoms with Crippen molar-refractivity contribution in [1.82, 2.24) is 0 Å². The summed E-state index contributed by atoms with van der Waals surface area (Å²) in [6.45, 7) is 4.99. The Bertz CT molecular complexity index is 834. The molecule has 3 N–H and O–H groups in total. The zero-order chi connectivity index (χ0) is 20.3. The van der Waals surface area contributed by atoms with Crippen molar-refractivity contribution in [2.75, 3.05) is 42.9 Å². The number of H-pyrrole nitrogens is 1. The number of anilines is 2. The molecule has 0 atom stereocenters. The lowest BCUT2D eigenvalue weighted by Gasteiger charge is -2.28. The van der Waals surface area contributed by atoms with E-state index in [4.69, 9.17) is 11.6 Å². The predicted molar refractivity (Wildman–Crippen MR) is 101 cm³/mol. The Balaban J connectivity index is 1.50. The number of nitrogens with one attached hydrogen (secondary N) is 3. The third-order valence-electron chi connectivity index (χ3n) is 4.81. The number of hydrogen-bond acceptors (Lipinski definition) is 2. The van der Waals surface area contributed by atoms with E-state index in [0.717, 1.165) is 41.5 Å². The first kappa shape index (κ1) is 20.4. The van der Waals surface area contributed by atoms with Crippen LogP contribution in [0.15, 0.2) is 36.5 Å². The minimum absolute atomic E-state index is 0.0741. The van der Waals surface area contributed by atoms with Crippen LogP contribution in [0, 0.1) is 6.92 Å².